The molecule has 4 N–H and O–H groups in total. The summed E-state index contributed by atoms with van der Waals surface area (Å²) in [4.78, 5) is 47.5. The number of nitrogens with zero attached hydrogens (tertiary/aromatic N) is 3. The second-order valence-corrected chi connectivity index (χ2v) is 6.65. The number of nitrogens with one attached hydrogen (secondary N) is 2. The van der Waals surface area contributed by atoms with Gasteiger partial charge in [-0.25, -0.2) is 19.3 Å². The highest BCUT2D eigenvalue weighted by Crippen LogP contribution is 2.26. The molecule has 0 fully saturated rings. The fraction of sp³-hybridized carbons (Fsp3) is 0.0952. The molecule has 0 unspecified atom stereocenters. The van der Waals surface area contributed by atoms with Gasteiger partial charge in [-0.15, -0.1) is 0 Å². The number of ether oxygens (including phenoxy) is 1. The van der Waals surface area contributed by atoms with Crippen LogP contribution in [0.25, 0.3) is 28.2 Å². The lowest BCUT2D eigenvalue weighted by atomic mass is 10.2. The number of methoxy groups -OCH3 is 1. The molecular formula is C21H18N6O4. The number of H-pyrrole nitrogens is 1. The maximum Gasteiger partial charge on any atom is 0.332 e. The summed E-state index contributed by atoms with van der Waals surface area (Å²) in [5, 5.41) is 2.67. The van der Waals surface area contributed by atoms with Crippen molar-refractivity contribution in [2.24, 2.45) is 5.73 Å². The Hall–Kier alpha value is -4.47. The second kappa shape index (κ2) is 7.75. The van der Waals surface area contributed by atoms with E-state index in [9.17, 15) is 14.4 Å². The number of aromatic amines is 1. The molecule has 4 rings (SSSR count). The van der Waals surface area contributed by atoms with Crippen LogP contribution >= 0.6 is 0 Å². The molecule has 0 aliphatic heterocycles. The molecule has 0 spiro atoms. The SMILES string of the molecule is COc1ccccc1-n1c(=O)[nH]c2c(C(N)=O)nc(-c3ccc(NC(C)=O)cc3)nc21. The molecule has 10 heteroatoms. The molecule has 0 atom stereocenters. The minimum absolute atomic E-state index is 0.114. The Morgan fingerprint density at radius 3 is 2.45 bits per heavy atom. The molecule has 156 valence electrons. The van der Waals surface area contributed by atoms with E-state index >= 15 is 0 Å². The Morgan fingerprint density at radius 1 is 1.10 bits per heavy atom. The number of para-hydroxylation sites is 2. The highest BCUT2D eigenvalue weighted by atomic mass is 16.5. The van der Waals surface area contributed by atoms with Crippen LogP contribution in [0.15, 0.2) is 53.3 Å². The quantitative estimate of drug-likeness (QED) is 0.451. The number of fused-ring (bicyclic) bond motifs is 1. The van der Waals surface area contributed by atoms with Crippen LogP contribution in [-0.4, -0.2) is 38.4 Å². The standard InChI is InChI=1S/C21H18N6O4/c1-11(28)23-13-9-7-12(8-10-13)19-24-16(18(22)29)17-20(26-19)27(21(30)25-17)14-5-3-4-6-15(14)31-2/h3-10H,1-2H3,(H2,22,29)(H,23,28)(H,25,30). The average molecular weight is 418 g/mol. The van der Waals surface area contributed by atoms with Gasteiger partial charge in [0.2, 0.25) is 5.91 Å². The molecule has 2 heterocycles. The van der Waals surface area contributed by atoms with Crippen LogP contribution < -0.4 is 21.5 Å². The van der Waals surface area contributed by atoms with Crippen LogP contribution in [0.3, 0.4) is 0 Å². The van der Waals surface area contributed by atoms with Gasteiger partial charge >= 0.3 is 5.69 Å². The van der Waals surface area contributed by atoms with Gasteiger partial charge in [0.1, 0.15) is 11.3 Å². The van der Waals surface area contributed by atoms with Crippen molar-refractivity contribution in [3.63, 3.8) is 0 Å². The van der Waals surface area contributed by atoms with E-state index in [1.807, 2.05) is 0 Å². The number of rotatable bonds is 5. The number of carbonyl (C=O) groups is 2. The number of hydrogen-bond donors (Lipinski definition) is 3. The van der Waals surface area contributed by atoms with E-state index < -0.39 is 11.6 Å². The second-order valence-electron chi connectivity index (χ2n) is 6.65. The molecule has 2 aromatic heterocycles. The lowest BCUT2D eigenvalue weighted by Gasteiger charge is -2.10. The molecule has 0 bridgehead atoms. The number of imidazole rings is 1. The summed E-state index contributed by atoms with van der Waals surface area (Å²) in [6.45, 7) is 1.41. The zero-order valence-electron chi connectivity index (χ0n) is 16.7. The molecule has 4 aromatic rings. The van der Waals surface area contributed by atoms with Crippen molar-refractivity contribution in [2.75, 3.05) is 12.4 Å². The van der Waals surface area contributed by atoms with Gasteiger partial charge in [0.15, 0.2) is 17.2 Å². The predicted molar refractivity (Wildman–Crippen MR) is 114 cm³/mol. The predicted octanol–water partition coefficient (Wildman–Crippen LogP) is 1.84. The van der Waals surface area contributed by atoms with Gasteiger partial charge < -0.3 is 20.8 Å². The van der Waals surface area contributed by atoms with E-state index in [0.29, 0.717) is 22.7 Å². The van der Waals surface area contributed by atoms with Crippen molar-refractivity contribution in [1.82, 2.24) is 19.5 Å². The zero-order valence-corrected chi connectivity index (χ0v) is 16.7. The molecule has 0 saturated heterocycles. The summed E-state index contributed by atoms with van der Waals surface area (Å²) in [7, 11) is 1.49. The van der Waals surface area contributed by atoms with Gasteiger partial charge in [-0.3, -0.25) is 9.59 Å². The molecule has 2 amide bonds. The Bertz CT molecular complexity index is 1370. The topological polar surface area (TPSA) is 145 Å². The van der Waals surface area contributed by atoms with Gasteiger partial charge in [-0.2, -0.15) is 0 Å². The summed E-state index contributed by atoms with van der Waals surface area (Å²) in [6.07, 6.45) is 0. The third-order valence-electron chi connectivity index (χ3n) is 4.56. The first-order valence-electron chi connectivity index (χ1n) is 9.23. The molecule has 0 aliphatic carbocycles. The van der Waals surface area contributed by atoms with E-state index in [2.05, 4.69) is 20.3 Å². The number of primary amides is 1. The van der Waals surface area contributed by atoms with Crippen molar-refractivity contribution in [3.8, 4) is 22.8 Å². The fourth-order valence-corrected chi connectivity index (χ4v) is 3.24. The third-order valence-corrected chi connectivity index (χ3v) is 4.56. The van der Waals surface area contributed by atoms with Gasteiger partial charge in [0, 0.05) is 18.2 Å². The molecule has 10 nitrogen and oxygen atoms in total. The minimum atomic E-state index is -0.808. The number of aromatic nitrogens is 4. The van der Waals surface area contributed by atoms with Gasteiger partial charge in [-0.05, 0) is 36.4 Å². The maximum absolute atomic E-state index is 12.8. The Morgan fingerprint density at radius 2 is 1.81 bits per heavy atom. The number of amides is 2. The van der Waals surface area contributed by atoms with Crippen molar-refractivity contribution < 1.29 is 14.3 Å². The normalized spacial score (nSPS) is 10.8. The lowest BCUT2D eigenvalue weighted by Crippen LogP contribution is -2.16. The maximum atomic E-state index is 12.8. The third kappa shape index (κ3) is 3.62. The molecule has 31 heavy (non-hydrogen) atoms. The summed E-state index contributed by atoms with van der Waals surface area (Å²) in [6, 6.07) is 13.7. The van der Waals surface area contributed by atoms with Crippen LogP contribution in [0.4, 0.5) is 5.69 Å². The van der Waals surface area contributed by atoms with E-state index in [-0.39, 0.29) is 28.6 Å². The summed E-state index contributed by atoms with van der Waals surface area (Å²) in [5.74, 6) is -0.365. The Labute approximate surface area is 175 Å². The molecule has 2 aromatic carbocycles. The van der Waals surface area contributed by atoms with E-state index in [1.54, 1.807) is 48.5 Å². The van der Waals surface area contributed by atoms with E-state index in [4.69, 9.17) is 10.5 Å². The fourth-order valence-electron chi connectivity index (χ4n) is 3.24. The number of benzene rings is 2. The minimum Gasteiger partial charge on any atom is -0.495 e. The lowest BCUT2D eigenvalue weighted by molar-refractivity contribution is -0.114. The molecular weight excluding hydrogens is 400 g/mol. The summed E-state index contributed by atoms with van der Waals surface area (Å²) < 4.78 is 6.67. The van der Waals surface area contributed by atoms with Crippen LogP contribution in [0, 0.1) is 0 Å². The van der Waals surface area contributed by atoms with Gasteiger partial charge in [0.25, 0.3) is 5.91 Å². The number of anilines is 1. The first kappa shape index (κ1) is 19.8. The largest absolute Gasteiger partial charge is 0.495 e. The summed E-state index contributed by atoms with van der Waals surface area (Å²) >= 11 is 0. The molecule has 0 radical (unpaired) electrons. The van der Waals surface area contributed by atoms with Crippen molar-refractivity contribution in [3.05, 3.63) is 64.7 Å². The number of nitrogens with two attached hydrogens (primary N) is 1. The van der Waals surface area contributed by atoms with Crippen molar-refractivity contribution >= 4 is 28.7 Å². The van der Waals surface area contributed by atoms with Crippen molar-refractivity contribution in [2.45, 2.75) is 6.92 Å². The van der Waals surface area contributed by atoms with Crippen LogP contribution in [-0.2, 0) is 4.79 Å². The molecule has 0 saturated carbocycles. The van der Waals surface area contributed by atoms with Gasteiger partial charge in [-0.1, -0.05) is 12.1 Å². The Balaban J connectivity index is 1.96. The van der Waals surface area contributed by atoms with Gasteiger partial charge in [0.05, 0.1) is 12.8 Å². The molecule has 0 aliphatic rings. The number of hydrogen-bond acceptors (Lipinski definition) is 6. The summed E-state index contributed by atoms with van der Waals surface area (Å²) in [5.41, 5.74) is 6.81. The van der Waals surface area contributed by atoms with Crippen molar-refractivity contribution in [1.29, 1.82) is 0 Å². The van der Waals surface area contributed by atoms with Crippen LogP contribution in [0.5, 0.6) is 5.75 Å². The number of carbonyl (C=O) groups excluding carboxylic acids is 2. The monoisotopic (exact) mass is 418 g/mol. The Kier molecular flexibility index (Phi) is 4.96. The zero-order chi connectivity index (χ0) is 22.1. The van der Waals surface area contributed by atoms with Crippen LogP contribution in [0.2, 0.25) is 0 Å². The first-order chi connectivity index (χ1) is 14.9. The van der Waals surface area contributed by atoms with E-state index in [0.717, 1.165) is 0 Å². The smallest absolute Gasteiger partial charge is 0.332 e. The highest BCUT2D eigenvalue weighted by Gasteiger charge is 2.21. The average Bonchev–Trinajstić information content (AvgIpc) is 3.08. The first-order valence-corrected chi connectivity index (χ1v) is 9.23. The highest BCUT2D eigenvalue weighted by molar-refractivity contribution is 6.02. The van der Waals surface area contributed by atoms with Crippen LogP contribution in [0.1, 0.15) is 17.4 Å². The van der Waals surface area contributed by atoms with E-state index in [1.165, 1.54) is 18.6 Å².